The van der Waals surface area contributed by atoms with Gasteiger partial charge in [-0.15, -0.1) is 0 Å². The predicted octanol–water partition coefficient (Wildman–Crippen LogP) is 0.0612. The molecule has 7 nitrogen and oxygen atoms in total. The molecule has 3 aliphatic rings. The lowest BCUT2D eigenvalue weighted by atomic mass is 9.81. The molecular weight excluding hydrogens is 290 g/mol. The second kappa shape index (κ2) is 5.79. The Bertz CT molecular complexity index is 502. The van der Waals surface area contributed by atoms with Gasteiger partial charge in [0.05, 0.1) is 30.7 Å². The molecular formula is C15H19NO6. The van der Waals surface area contributed by atoms with E-state index in [1.165, 1.54) is 6.92 Å². The molecule has 2 bridgehead atoms. The van der Waals surface area contributed by atoms with Crippen molar-refractivity contribution in [2.24, 2.45) is 11.8 Å². The van der Waals surface area contributed by atoms with Crippen LogP contribution in [0, 0.1) is 11.8 Å². The van der Waals surface area contributed by atoms with E-state index < -0.39 is 17.8 Å². The topological polar surface area (TPSA) is 90.0 Å². The molecule has 22 heavy (non-hydrogen) atoms. The lowest BCUT2D eigenvalue weighted by Crippen LogP contribution is -2.38. The molecule has 0 aromatic heterocycles. The summed E-state index contributed by atoms with van der Waals surface area (Å²) in [7, 11) is 0. The third-order valence-corrected chi connectivity index (χ3v) is 4.60. The second-order valence-corrected chi connectivity index (χ2v) is 6.13. The van der Waals surface area contributed by atoms with E-state index in [0.29, 0.717) is 12.8 Å². The highest BCUT2D eigenvalue weighted by Crippen LogP contribution is 2.48. The highest BCUT2D eigenvalue weighted by molar-refractivity contribution is 6.08. The molecule has 3 rings (SSSR count). The van der Waals surface area contributed by atoms with Gasteiger partial charge in [-0.2, -0.15) is 0 Å². The van der Waals surface area contributed by atoms with E-state index in [1.807, 2.05) is 0 Å². The van der Waals surface area contributed by atoms with E-state index in [0.717, 1.165) is 17.7 Å². The van der Waals surface area contributed by atoms with Crippen LogP contribution in [0.4, 0.5) is 0 Å². The minimum atomic E-state index is -0.613. The molecule has 0 aromatic carbocycles. The van der Waals surface area contributed by atoms with Crippen LogP contribution in [0.2, 0.25) is 0 Å². The number of Topliss-reactive ketones (excluding diaryl/α,β-unsaturated/α-hetero) is 1. The highest BCUT2D eigenvalue weighted by atomic mass is 16.5. The molecule has 2 amide bonds. The maximum atomic E-state index is 12.3. The van der Waals surface area contributed by atoms with Gasteiger partial charge in [-0.3, -0.25) is 19.3 Å². The molecule has 3 heterocycles. The van der Waals surface area contributed by atoms with E-state index in [1.54, 1.807) is 0 Å². The fourth-order valence-electron chi connectivity index (χ4n) is 3.61. The number of hydrogen-bond donors (Lipinski definition) is 0. The molecule has 0 N–H and O–H groups in total. The molecule has 0 aromatic rings. The summed E-state index contributed by atoms with van der Waals surface area (Å²) in [5.41, 5.74) is 0. The summed E-state index contributed by atoms with van der Waals surface area (Å²) in [5.74, 6) is -2.05. The summed E-state index contributed by atoms with van der Waals surface area (Å²) >= 11 is 0. The maximum Gasteiger partial charge on any atom is 0.326 e. The van der Waals surface area contributed by atoms with Gasteiger partial charge in [0.25, 0.3) is 0 Å². The fourth-order valence-corrected chi connectivity index (χ4v) is 3.61. The van der Waals surface area contributed by atoms with Crippen LogP contribution >= 0.6 is 0 Å². The molecule has 120 valence electrons. The van der Waals surface area contributed by atoms with Gasteiger partial charge in [0.15, 0.2) is 0 Å². The molecule has 0 saturated carbocycles. The summed E-state index contributed by atoms with van der Waals surface area (Å²) in [6, 6.07) is 0. The van der Waals surface area contributed by atoms with Crippen LogP contribution in [0.1, 0.15) is 32.6 Å². The number of amides is 2. The second-order valence-electron chi connectivity index (χ2n) is 6.13. The predicted molar refractivity (Wildman–Crippen MR) is 72.5 cm³/mol. The first kappa shape index (κ1) is 15.1. The first-order valence-corrected chi connectivity index (χ1v) is 7.65. The highest BCUT2D eigenvalue weighted by Gasteiger charge is 2.62. The lowest BCUT2D eigenvalue weighted by Gasteiger charge is -2.16. The van der Waals surface area contributed by atoms with Crippen molar-refractivity contribution >= 4 is 23.6 Å². The van der Waals surface area contributed by atoms with E-state index in [-0.39, 0.29) is 43.0 Å². The Morgan fingerprint density at radius 1 is 1.18 bits per heavy atom. The van der Waals surface area contributed by atoms with Crippen molar-refractivity contribution in [3.63, 3.8) is 0 Å². The van der Waals surface area contributed by atoms with Crippen molar-refractivity contribution in [2.45, 2.75) is 44.8 Å². The molecule has 3 aliphatic heterocycles. The maximum absolute atomic E-state index is 12.3. The Morgan fingerprint density at radius 3 is 2.32 bits per heavy atom. The van der Waals surface area contributed by atoms with Crippen molar-refractivity contribution in [3.05, 3.63) is 0 Å². The van der Waals surface area contributed by atoms with Gasteiger partial charge in [-0.1, -0.05) is 0 Å². The number of imide groups is 1. The zero-order valence-corrected chi connectivity index (χ0v) is 12.4. The zero-order valence-electron chi connectivity index (χ0n) is 12.4. The molecule has 3 fully saturated rings. The van der Waals surface area contributed by atoms with E-state index in [2.05, 4.69) is 0 Å². The average Bonchev–Trinajstić information content (AvgIpc) is 3.13. The van der Waals surface area contributed by atoms with Crippen LogP contribution in [-0.2, 0) is 28.7 Å². The van der Waals surface area contributed by atoms with Crippen molar-refractivity contribution in [3.8, 4) is 0 Å². The van der Waals surface area contributed by atoms with Crippen LogP contribution < -0.4 is 0 Å². The minimum Gasteiger partial charge on any atom is -0.464 e. The monoisotopic (exact) mass is 309 g/mol. The Balaban J connectivity index is 1.53. The first-order chi connectivity index (χ1) is 10.5. The fraction of sp³-hybridized carbons (Fsp3) is 0.733. The van der Waals surface area contributed by atoms with Gasteiger partial charge in [-0.05, 0) is 26.2 Å². The number of carbonyl (C=O) groups excluding carboxylic acids is 4. The van der Waals surface area contributed by atoms with E-state index in [4.69, 9.17) is 9.47 Å². The summed E-state index contributed by atoms with van der Waals surface area (Å²) in [6.07, 6.45) is 2.04. The number of hydrogen-bond acceptors (Lipinski definition) is 6. The first-order valence-electron chi connectivity index (χ1n) is 7.65. The van der Waals surface area contributed by atoms with Gasteiger partial charge in [0.2, 0.25) is 11.8 Å². The Morgan fingerprint density at radius 2 is 1.77 bits per heavy atom. The third-order valence-electron chi connectivity index (χ3n) is 4.60. The van der Waals surface area contributed by atoms with Crippen LogP contribution in [-0.4, -0.2) is 53.8 Å². The molecule has 0 aliphatic carbocycles. The number of ketones is 1. The van der Waals surface area contributed by atoms with Gasteiger partial charge < -0.3 is 14.3 Å². The van der Waals surface area contributed by atoms with Crippen molar-refractivity contribution < 1.29 is 28.7 Å². The summed E-state index contributed by atoms with van der Waals surface area (Å²) in [6.45, 7) is 1.25. The van der Waals surface area contributed by atoms with Crippen molar-refractivity contribution in [1.82, 2.24) is 4.90 Å². The van der Waals surface area contributed by atoms with Crippen LogP contribution in [0.15, 0.2) is 0 Å². The number of rotatable bonds is 6. The largest absolute Gasteiger partial charge is 0.464 e. The summed E-state index contributed by atoms with van der Waals surface area (Å²) in [5, 5.41) is 0. The van der Waals surface area contributed by atoms with Crippen LogP contribution in [0.25, 0.3) is 0 Å². The van der Waals surface area contributed by atoms with E-state index >= 15 is 0 Å². The van der Waals surface area contributed by atoms with Crippen molar-refractivity contribution in [1.29, 1.82) is 0 Å². The zero-order chi connectivity index (χ0) is 15.9. The summed E-state index contributed by atoms with van der Waals surface area (Å²) in [4.78, 5) is 48.2. The molecule has 3 saturated heterocycles. The Labute approximate surface area is 127 Å². The summed E-state index contributed by atoms with van der Waals surface area (Å²) < 4.78 is 10.6. The SMILES string of the molecule is CC(=O)CCCOC(=O)CN1C(=O)[C@@H]2[C@H](C1=O)[C@H]1CC[C@H]2O1. The van der Waals surface area contributed by atoms with E-state index in [9.17, 15) is 19.2 Å². The number of likely N-dealkylation sites (tertiary alicyclic amines) is 1. The van der Waals surface area contributed by atoms with Gasteiger partial charge in [0, 0.05) is 6.42 Å². The molecule has 7 heteroatoms. The quantitative estimate of drug-likeness (QED) is 0.391. The number of carbonyl (C=O) groups is 4. The van der Waals surface area contributed by atoms with Crippen LogP contribution in [0.3, 0.4) is 0 Å². The number of esters is 1. The van der Waals surface area contributed by atoms with Gasteiger partial charge in [0.1, 0.15) is 12.3 Å². The Kier molecular flexibility index (Phi) is 3.99. The average molecular weight is 309 g/mol. The molecule has 0 spiro atoms. The van der Waals surface area contributed by atoms with Crippen molar-refractivity contribution in [2.75, 3.05) is 13.2 Å². The van der Waals surface area contributed by atoms with Gasteiger partial charge >= 0.3 is 5.97 Å². The third kappa shape index (κ3) is 2.54. The minimum absolute atomic E-state index is 0.0317. The lowest BCUT2D eigenvalue weighted by molar-refractivity contribution is -0.154. The smallest absolute Gasteiger partial charge is 0.326 e. The molecule has 0 radical (unpaired) electrons. The van der Waals surface area contributed by atoms with Gasteiger partial charge in [-0.25, -0.2) is 0 Å². The Hall–Kier alpha value is -1.76. The standard InChI is InChI=1S/C15H19NO6/c1-8(17)3-2-6-21-11(18)7-16-14(19)12-9-4-5-10(22-9)13(12)15(16)20/h9-10,12-13H,2-7H2,1H3/t9-,10-,12-,13+/m1/s1. The normalized spacial score (nSPS) is 32.5. The van der Waals surface area contributed by atoms with Crippen LogP contribution in [0.5, 0.6) is 0 Å². The number of nitrogens with zero attached hydrogens (tertiary/aromatic N) is 1. The molecule has 0 unspecified atom stereocenters. The number of ether oxygens (including phenoxy) is 2. The number of fused-ring (bicyclic) bond motifs is 5. The molecule has 4 atom stereocenters.